The molecule has 0 bridgehead atoms. The third-order valence-corrected chi connectivity index (χ3v) is 2.69. The number of halogens is 2. The van der Waals surface area contributed by atoms with Crippen LogP contribution in [0.25, 0.3) is 0 Å². The van der Waals surface area contributed by atoms with Gasteiger partial charge in [0.05, 0.1) is 26.4 Å². The van der Waals surface area contributed by atoms with E-state index in [9.17, 15) is 0 Å². The normalized spacial score (nSPS) is 12.8. The van der Waals surface area contributed by atoms with Crippen LogP contribution in [0.15, 0.2) is 0 Å². The molecule has 7 nitrogen and oxygen atoms in total. The molecule has 0 aromatic carbocycles. The summed E-state index contributed by atoms with van der Waals surface area (Å²) in [6, 6.07) is 0. The van der Waals surface area contributed by atoms with E-state index in [-0.39, 0.29) is 45.9 Å². The van der Waals surface area contributed by atoms with Crippen LogP contribution in [0.2, 0.25) is 0 Å². The third kappa shape index (κ3) is 30.8. The average molecular weight is 573 g/mol. The summed E-state index contributed by atoms with van der Waals surface area (Å²) < 4.78 is 15.8. The molecule has 10 heteroatoms. The predicted molar refractivity (Wildman–Crippen MR) is 92.8 cm³/mol. The first-order valence-electron chi connectivity index (χ1n) is 7.96. The predicted octanol–water partition coefficient (Wildman–Crippen LogP) is -3.66. The summed E-state index contributed by atoms with van der Waals surface area (Å²) >= 11 is 0. The summed E-state index contributed by atoms with van der Waals surface area (Å²) in [5.74, 6) is 0. The molecule has 0 radical (unpaired) electrons. The molecule has 0 aliphatic carbocycles. The van der Waals surface area contributed by atoms with Crippen LogP contribution in [0.4, 0.5) is 0 Å². The number of rotatable bonds is 12. The zero-order valence-electron chi connectivity index (χ0n) is 14.4. The summed E-state index contributed by atoms with van der Waals surface area (Å²) in [7, 11) is 0. The monoisotopic (exact) mass is 572 g/mol. The molecule has 1 saturated heterocycles. The second-order valence-electron chi connectivity index (χ2n) is 4.62. The van der Waals surface area contributed by atoms with E-state index in [0.717, 1.165) is 39.0 Å². The molecular weight excluding hydrogens is 538 g/mol. The van der Waals surface area contributed by atoms with Crippen LogP contribution < -0.4 is 34.5 Å². The molecular formula is C14H35Cl2N4O3Pt+. The van der Waals surface area contributed by atoms with Crippen LogP contribution in [0, 0.1) is 0 Å². The number of nitrogens with two attached hydrogens (primary N) is 2. The standard InChI is InChI=1S/C10H24N2O3.C4H10N2.2ClH.Pt/c11-3-1-5-13-7-9-15-10-8-14-6-2-4-12;1-2-6-4-3-5-1;;;/h1-12H2;5-6H,1-4H2;2*1H;/q;;;;+2/p-1. The van der Waals surface area contributed by atoms with Gasteiger partial charge in [-0.15, -0.1) is 12.4 Å². The number of ether oxygens (including phenoxy) is 3. The van der Waals surface area contributed by atoms with Gasteiger partial charge in [0.25, 0.3) is 0 Å². The first-order chi connectivity index (χ1) is 10.4. The van der Waals surface area contributed by atoms with E-state index in [1.54, 1.807) is 0 Å². The smallest absolute Gasteiger partial charge is 1.00 e. The Bertz CT molecular complexity index is 176. The van der Waals surface area contributed by atoms with Crippen molar-refractivity contribution in [3.8, 4) is 0 Å². The second-order valence-corrected chi connectivity index (χ2v) is 4.62. The van der Waals surface area contributed by atoms with Crippen LogP contribution >= 0.6 is 12.4 Å². The van der Waals surface area contributed by atoms with Crippen LogP contribution in [0.1, 0.15) is 12.8 Å². The van der Waals surface area contributed by atoms with E-state index in [1.807, 2.05) is 0 Å². The molecule has 1 aliphatic rings. The summed E-state index contributed by atoms with van der Waals surface area (Å²) in [5, 5.41) is 6.44. The summed E-state index contributed by atoms with van der Waals surface area (Å²) in [5.41, 5.74) is 10.6. The van der Waals surface area contributed by atoms with Crippen molar-refractivity contribution >= 4 is 12.4 Å². The van der Waals surface area contributed by atoms with Gasteiger partial charge in [0.2, 0.25) is 0 Å². The Morgan fingerprint density at radius 3 is 1.17 bits per heavy atom. The topological polar surface area (TPSA) is 104 Å². The van der Waals surface area contributed by atoms with Crippen molar-refractivity contribution < 1.29 is 47.7 Å². The minimum absolute atomic E-state index is 0. The van der Waals surface area contributed by atoms with Gasteiger partial charge in [-0.3, -0.25) is 0 Å². The minimum atomic E-state index is 0. The largest absolute Gasteiger partial charge is 2.00 e. The quantitative estimate of drug-likeness (QED) is 0.179. The SMILES string of the molecule is C1CNCCN1.Cl.NCCCOCCOCCOCCCN.[Cl-].[Pt+2]. The zero-order chi connectivity index (χ0) is 15.4. The van der Waals surface area contributed by atoms with Crippen molar-refractivity contribution in [3.63, 3.8) is 0 Å². The molecule has 1 fully saturated rings. The molecule has 0 atom stereocenters. The van der Waals surface area contributed by atoms with Crippen LogP contribution in [0.3, 0.4) is 0 Å². The van der Waals surface area contributed by atoms with Gasteiger partial charge >= 0.3 is 21.1 Å². The Labute approximate surface area is 173 Å². The van der Waals surface area contributed by atoms with Crippen molar-refractivity contribution in [2.24, 2.45) is 11.5 Å². The number of piperazine rings is 1. The van der Waals surface area contributed by atoms with Crippen LogP contribution in [0.5, 0.6) is 0 Å². The molecule has 0 aromatic rings. The van der Waals surface area contributed by atoms with Gasteiger partial charge in [-0.25, -0.2) is 0 Å². The molecule has 0 saturated carbocycles. The Hall–Kier alpha value is 0.988. The Balaban J connectivity index is -0.000000189. The number of nitrogens with one attached hydrogen (secondary N) is 2. The van der Waals surface area contributed by atoms with Gasteiger partial charge in [-0.05, 0) is 25.9 Å². The van der Waals surface area contributed by atoms with E-state index in [2.05, 4.69) is 10.6 Å². The summed E-state index contributed by atoms with van der Waals surface area (Å²) in [6.45, 7) is 9.83. The van der Waals surface area contributed by atoms with Crippen LogP contribution in [-0.2, 0) is 35.3 Å². The molecule has 0 amide bonds. The van der Waals surface area contributed by atoms with Crippen molar-refractivity contribution in [2.75, 3.05) is 78.9 Å². The summed E-state index contributed by atoms with van der Waals surface area (Å²) in [6.07, 6.45) is 1.81. The molecule has 152 valence electrons. The fraction of sp³-hybridized carbons (Fsp3) is 1.00. The van der Waals surface area contributed by atoms with Crippen molar-refractivity contribution in [3.05, 3.63) is 0 Å². The van der Waals surface area contributed by atoms with E-state index in [1.165, 1.54) is 0 Å². The maximum atomic E-state index is 5.31. The first kappa shape index (κ1) is 32.6. The molecule has 0 aromatic heterocycles. The van der Waals surface area contributed by atoms with Gasteiger partial charge in [0.1, 0.15) is 0 Å². The maximum Gasteiger partial charge on any atom is 2.00 e. The van der Waals surface area contributed by atoms with Crippen LogP contribution in [-0.4, -0.2) is 78.9 Å². The number of hydrogen-bond donors (Lipinski definition) is 4. The van der Waals surface area contributed by atoms with E-state index in [4.69, 9.17) is 25.7 Å². The second kappa shape index (κ2) is 31.7. The molecule has 1 heterocycles. The Morgan fingerprint density at radius 2 is 0.917 bits per heavy atom. The van der Waals surface area contributed by atoms with E-state index >= 15 is 0 Å². The van der Waals surface area contributed by atoms with Gasteiger partial charge in [-0.1, -0.05) is 0 Å². The van der Waals surface area contributed by atoms with Gasteiger partial charge < -0.3 is 48.7 Å². The Morgan fingerprint density at radius 1 is 0.625 bits per heavy atom. The molecule has 1 aliphatic heterocycles. The molecule has 24 heavy (non-hydrogen) atoms. The molecule has 1 rings (SSSR count). The maximum absolute atomic E-state index is 5.31. The molecule has 0 spiro atoms. The van der Waals surface area contributed by atoms with Gasteiger partial charge in [-0.2, -0.15) is 0 Å². The number of hydrogen-bond acceptors (Lipinski definition) is 7. The van der Waals surface area contributed by atoms with Crippen molar-refractivity contribution in [1.82, 2.24) is 10.6 Å². The van der Waals surface area contributed by atoms with Crippen molar-refractivity contribution in [2.45, 2.75) is 12.8 Å². The average Bonchev–Trinajstić information content (AvgIpc) is 2.55. The fourth-order valence-corrected chi connectivity index (χ4v) is 1.52. The third-order valence-electron chi connectivity index (χ3n) is 2.69. The van der Waals surface area contributed by atoms with Gasteiger partial charge in [0, 0.05) is 39.4 Å². The van der Waals surface area contributed by atoms with Crippen molar-refractivity contribution in [1.29, 1.82) is 0 Å². The van der Waals surface area contributed by atoms with Gasteiger partial charge in [0.15, 0.2) is 0 Å². The molecule has 0 unspecified atom stereocenters. The first-order valence-corrected chi connectivity index (χ1v) is 7.96. The van der Waals surface area contributed by atoms with E-state index in [0.29, 0.717) is 52.7 Å². The molecule has 6 N–H and O–H groups in total. The summed E-state index contributed by atoms with van der Waals surface area (Å²) in [4.78, 5) is 0. The fourth-order valence-electron chi connectivity index (χ4n) is 1.52. The Kier molecular flexibility index (Phi) is 43.2. The van der Waals surface area contributed by atoms with E-state index < -0.39 is 0 Å². The zero-order valence-corrected chi connectivity index (χ0v) is 18.2. The minimum Gasteiger partial charge on any atom is -1.00 e.